The van der Waals surface area contributed by atoms with Crippen LogP contribution in [-0.4, -0.2) is 35.8 Å². The van der Waals surface area contributed by atoms with Crippen molar-refractivity contribution in [3.05, 3.63) is 70.8 Å². The van der Waals surface area contributed by atoms with Gasteiger partial charge in [-0.05, 0) is 42.9 Å². The number of fused-ring (bicyclic) bond motifs is 1. The Labute approximate surface area is 235 Å². The number of hydrogen-bond acceptors (Lipinski definition) is 5. The zero-order chi connectivity index (χ0) is 27.9. The van der Waals surface area contributed by atoms with Gasteiger partial charge >= 0.3 is 5.97 Å². The molecule has 5 heteroatoms. The van der Waals surface area contributed by atoms with Gasteiger partial charge in [-0.3, -0.25) is 4.99 Å². The van der Waals surface area contributed by atoms with Crippen LogP contribution in [0.5, 0.6) is 0 Å². The van der Waals surface area contributed by atoms with E-state index in [-0.39, 0.29) is 11.1 Å². The number of carbonyl (C=O) groups excluding carboxylic acids is 1. The van der Waals surface area contributed by atoms with Crippen LogP contribution in [-0.2, 0) is 21.4 Å². The number of rotatable bonds is 17. The summed E-state index contributed by atoms with van der Waals surface area (Å²) in [6.07, 6.45) is 15.0. The Balaban J connectivity index is 1.63. The van der Waals surface area contributed by atoms with Crippen LogP contribution in [0.1, 0.15) is 113 Å². The van der Waals surface area contributed by atoms with Gasteiger partial charge in [0.15, 0.2) is 0 Å². The lowest BCUT2D eigenvalue weighted by atomic mass is 9.67. The van der Waals surface area contributed by atoms with Crippen molar-refractivity contribution in [1.82, 2.24) is 0 Å². The molecule has 1 aliphatic heterocycles. The van der Waals surface area contributed by atoms with E-state index in [1.54, 1.807) is 0 Å². The molecule has 1 atom stereocenters. The Morgan fingerprint density at radius 3 is 2.21 bits per heavy atom. The van der Waals surface area contributed by atoms with Gasteiger partial charge in [-0.2, -0.15) is 0 Å². The van der Waals surface area contributed by atoms with Crippen LogP contribution in [0.2, 0.25) is 0 Å². The molecule has 212 valence electrons. The molecule has 0 saturated carbocycles. The normalized spacial score (nSPS) is 17.0. The van der Waals surface area contributed by atoms with Crippen LogP contribution in [0, 0.1) is 6.92 Å². The smallest absolute Gasteiger partial charge is 0.362 e. The lowest BCUT2D eigenvalue weighted by molar-refractivity contribution is -0.135. The minimum absolute atomic E-state index is 0.0984. The predicted octanol–water partition coefficient (Wildman–Crippen LogP) is 8.37. The maximum absolute atomic E-state index is 13.0. The van der Waals surface area contributed by atoms with Crippen molar-refractivity contribution in [3.8, 4) is 0 Å². The van der Waals surface area contributed by atoms with E-state index >= 15 is 0 Å². The summed E-state index contributed by atoms with van der Waals surface area (Å²) in [5.41, 5.74) is 4.66. The second-order valence-corrected chi connectivity index (χ2v) is 11.1. The number of ether oxygens (including phenoxy) is 1. The molecule has 1 unspecified atom stereocenters. The van der Waals surface area contributed by atoms with E-state index < -0.39 is 5.97 Å². The lowest BCUT2D eigenvalue weighted by Gasteiger charge is -2.39. The summed E-state index contributed by atoms with van der Waals surface area (Å²) in [6, 6.07) is 16.6. The Bertz CT molecular complexity index is 1090. The number of aliphatic imine (C=N–C) groups is 1. The van der Waals surface area contributed by atoms with Crippen molar-refractivity contribution in [2.24, 2.45) is 10.1 Å². The number of nitrogens with zero attached hydrogens (tertiary/aromatic N) is 2. The van der Waals surface area contributed by atoms with Crippen molar-refractivity contribution < 1.29 is 14.7 Å². The number of benzene rings is 2. The Morgan fingerprint density at radius 2 is 1.56 bits per heavy atom. The SMILES string of the molecule is CCCCCCCCCCCCOC(=O)C(=NO)C1=NCC(CCC)(Cc2ccccc2)c2c(C)cccc21. The molecule has 0 bridgehead atoms. The maximum atomic E-state index is 13.0. The summed E-state index contributed by atoms with van der Waals surface area (Å²) in [6.45, 7) is 7.44. The number of oxime groups is 1. The molecule has 0 aromatic heterocycles. The fraction of sp³-hybridized carbons (Fsp3) is 0.559. The first-order chi connectivity index (χ1) is 19.1. The van der Waals surface area contributed by atoms with Gasteiger partial charge in [-0.15, -0.1) is 0 Å². The van der Waals surface area contributed by atoms with E-state index in [9.17, 15) is 10.0 Å². The highest BCUT2D eigenvalue weighted by atomic mass is 16.5. The minimum Gasteiger partial charge on any atom is -0.461 e. The van der Waals surface area contributed by atoms with Gasteiger partial charge in [-0.25, -0.2) is 4.79 Å². The summed E-state index contributed by atoms with van der Waals surface area (Å²) >= 11 is 0. The number of carbonyl (C=O) groups is 1. The van der Waals surface area contributed by atoms with E-state index in [1.165, 1.54) is 61.6 Å². The Morgan fingerprint density at radius 1 is 0.897 bits per heavy atom. The minimum atomic E-state index is -0.606. The lowest BCUT2D eigenvalue weighted by Crippen LogP contribution is -2.41. The second kappa shape index (κ2) is 16.2. The third-order valence-corrected chi connectivity index (χ3v) is 7.96. The molecule has 39 heavy (non-hydrogen) atoms. The van der Waals surface area contributed by atoms with Crippen LogP contribution in [0.3, 0.4) is 0 Å². The van der Waals surface area contributed by atoms with Gasteiger partial charge in [-0.1, -0.05) is 132 Å². The van der Waals surface area contributed by atoms with Crippen LogP contribution < -0.4 is 0 Å². The zero-order valence-electron chi connectivity index (χ0n) is 24.4. The third-order valence-electron chi connectivity index (χ3n) is 7.96. The average molecular weight is 533 g/mol. The zero-order valence-corrected chi connectivity index (χ0v) is 24.4. The molecule has 1 heterocycles. The highest BCUT2D eigenvalue weighted by molar-refractivity contribution is 6.69. The molecule has 1 aliphatic rings. The predicted molar refractivity (Wildman–Crippen MR) is 161 cm³/mol. The van der Waals surface area contributed by atoms with Gasteiger partial charge in [0.25, 0.3) is 0 Å². The number of hydrogen-bond donors (Lipinski definition) is 1. The van der Waals surface area contributed by atoms with Gasteiger partial charge < -0.3 is 9.94 Å². The van der Waals surface area contributed by atoms with Crippen LogP contribution in [0.15, 0.2) is 58.7 Å². The average Bonchev–Trinajstić information content (AvgIpc) is 2.94. The van der Waals surface area contributed by atoms with E-state index in [2.05, 4.69) is 56.3 Å². The number of aryl methyl sites for hydroxylation is 1. The summed E-state index contributed by atoms with van der Waals surface area (Å²) in [4.78, 5) is 17.9. The quantitative estimate of drug-likeness (QED) is 0.0731. The topological polar surface area (TPSA) is 71.2 Å². The third kappa shape index (κ3) is 8.52. The monoisotopic (exact) mass is 532 g/mol. The Hall–Kier alpha value is -2.95. The molecule has 0 saturated heterocycles. The Kier molecular flexibility index (Phi) is 12.7. The van der Waals surface area contributed by atoms with Gasteiger partial charge in [0.05, 0.1) is 6.61 Å². The van der Waals surface area contributed by atoms with Crippen molar-refractivity contribution in [1.29, 1.82) is 0 Å². The summed E-state index contributed by atoms with van der Waals surface area (Å²) in [5, 5.41) is 13.3. The largest absolute Gasteiger partial charge is 0.461 e. The standard InChI is InChI=1S/C34H48N2O3/c1-4-6-7-8-9-10-11-12-13-17-24-39-33(37)32(36-38)31-29-22-18-19-27(3)30(29)34(23-5-2,26-35-31)25-28-20-15-14-16-21-28/h14-16,18-22,38H,4-13,17,23-26H2,1-3H3. The first-order valence-electron chi connectivity index (χ1n) is 15.1. The molecule has 0 amide bonds. The fourth-order valence-corrected chi connectivity index (χ4v) is 6.08. The summed E-state index contributed by atoms with van der Waals surface area (Å²) in [7, 11) is 0. The van der Waals surface area contributed by atoms with E-state index in [4.69, 9.17) is 9.73 Å². The van der Waals surface area contributed by atoms with Crippen molar-refractivity contribution in [3.63, 3.8) is 0 Å². The highest BCUT2D eigenvalue weighted by Crippen LogP contribution is 2.41. The highest BCUT2D eigenvalue weighted by Gasteiger charge is 2.40. The second-order valence-electron chi connectivity index (χ2n) is 11.1. The molecule has 0 spiro atoms. The number of esters is 1. The van der Waals surface area contributed by atoms with Crippen LogP contribution in [0.4, 0.5) is 0 Å². The van der Waals surface area contributed by atoms with Crippen LogP contribution >= 0.6 is 0 Å². The first kappa shape index (κ1) is 30.6. The van der Waals surface area contributed by atoms with E-state index in [1.807, 2.05) is 18.2 Å². The molecule has 0 fully saturated rings. The molecular weight excluding hydrogens is 484 g/mol. The summed E-state index contributed by atoms with van der Waals surface area (Å²) < 4.78 is 5.55. The molecule has 2 aromatic rings. The molecule has 3 rings (SSSR count). The molecule has 0 aliphatic carbocycles. The first-order valence-corrected chi connectivity index (χ1v) is 15.1. The molecular formula is C34H48N2O3. The molecule has 0 radical (unpaired) electrons. The van der Waals surface area contributed by atoms with Gasteiger partial charge in [0, 0.05) is 17.5 Å². The summed E-state index contributed by atoms with van der Waals surface area (Å²) in [5.74, 6) is -0.606. The van der Waals surface area contributed by atoms with Gasteiger partial charge in [0.2, 0.25) is 5.71 Å². The molecule has 5 nitrogen and oxygen atoms in total. The molecule has 2 aromatic carbocycles. The fourth-order valence-electron chi connectivity index (χ4n) is 6.08. The van der Waals surface area contributed by atoms with Gasteiger partial charge in [0.1, 0.15) is 5.71 Å². The van der Waals surface area contributed by atoms with Crippen molar-refractivity contribution in [2.45, 2.75) is 110 Å². The number of unbranched alkanes of at least 4 members (excludes halogenated alkanes) is 9. The van der Waals surface area contributed by atoms with Crippen molar-refractivity contribution in [2.75, 3.05) is 13.2 Å². The van der Waals surface area contributed by atoms with Crippen molar-refractivity contribution >= 4 is 17.4 Å². The van der Waals surface area contributed by atoms with Crippen LogP contribution in [0.25, 0.3) is 0 Å². The molecule has 1 N–H and O–H groups in total. The maximum Gasteiger partial charge on any atom is 0.362 e. The van der Waals surface area contributed by atoms with E-state index in [0.717, 1.165) is 44.1 Å². The van der Waals surface area contributed by atoms with E-state index in [0.29, 0.717) is 18.9 Å².